The van der Waals surface area contributed by atoms with E-state index in [0.29, 0.717) is 17.8 Å². The van der Waals surface area contributed by atoms with Crippen molar-refractivity contribution in [1.82, 2.24) is 20.1 Å². The van der Waals surface area contributed by atoms with Crippen LogP contribution in [0.25, 0.3) is 11.1 Å². The molecule has 0 radical (unpaired) electrons. The molecule has 0 saturated heterocycles. The first-order valence-corrected chi connectivity index (χ1v) is 19.4. The van der Waals surface area contributed by atoms with Gasteiger partial charge in [-0.15, -0.1) is 11.8 Å². The fourth-order valence-corrected chi connectivity index (χ4v) is 6.77. The molecule has 3 amide bonds. The number of nitrogens with one attached hydrogen (secondary N) is 2. The summed E-state index contributed by atoms with van der Waals surface area (Å²) in [6.07, 6.45) is -3.87. The minimum atomic E-state index is -5.08. The van der Waals surface area contributed by atoms with Crippen LogP contribution >= 0.6 is 11.8 Å². The third-order valence-electron chi connectivity index (χ3n) is 8.68. The number of rotatable bonds is 20. The van der Waals surface area contributed by atoms with Crippen LogP contribution in [0.15, 0.2) is 60.8 Å². The second-order valence-corrected chi connectivity index (χ2v) is 15.8. The molecule has 0 bridgehead atoms. The Bertz CT molecular complexity index is 1980. The molecule has 1 unspecified atom stereocenters. The Labute approximate surface area is 351 Å². The number of hydrogen-bond acceptors (Lipinski definition) is 10. The predicted octanol–water partition coefficient (Wildman–Crippen LogP) is 2.96. The van der Waals surface area contributed by atoms with Gasteiger partial charge in [0.05, 0.1) is 12.1 Å². The van der Waals surface area contributed by atoms with Gasteiger partial charge in [0.1, 0.15) is 29.5 Å². The first-order valence-electron chi connectivity index (χ1n) is 18.4. The number of aliphatic hydroxyl groups excluding tert-OH is 1. The lowest BCUT2D eigenvalue weighted by molar-refractivity contribution is -0.192. The van der Waals surface area contributed by atoms with E-state index < -0.39 is 95.3 Å². The first-order chi connectivity index (χ1) is 28.4. The van der Waals surface area contributed by atoms with E-state index in [9.17, 15) is 51.7 Å². The van der Waals surface area contributed by atoms with Crippen molar-refractivity contribution in [2.75, 3.05) is 32.0 Å². The van der Waals surface area contributed by atoms with Crippen LogP contribution in [0, 0.1) is 17.0 Å². The zero-order valence-corrected chi connectivity index (χ0v) is 34.1. The van der Waals surface area contributed by atoms with Crippen LogP contribution in [0.5, 0.6) is 0 Å². The number of aliphatic carboxylic acids is 3. The Kier molecular flexibility index (Phi) is 19.8. The van der Waals surface area contributed by atoms with Crippen LogP contribution in [0.3, 0.4) is 0 Å². The second-order valence-electron chi connectivity index (χ2n) is 14.6. The second kappa shape index (κ2) is 23.4. The predicted molar refractivity (Wildman–Crippen MR) is 213 cm³/mol. The van der Waals surface area contributed by atoms with Crippen LogP contribution in [0.4, 0.5) is 22.0 Å². The van der Waals surface area contributed by atoms with E-state index in [2.05, 4.69) is 10.6 Å². The number of aliphatic hydroxyl groups is 1. The quantitative estimate of drug-likeness (QED) is 0.0600. The number of carbonyl (C=O) groups excluding carboxylic acids is 3. The summed E-state index contributed by atoms with van der Waals surface area (Å²) in [6.45, 7) is 4.98. The highest BCUT2D eigenvalue weighted by Crippen LogP contribution is 2.41. The molecule has 10 N–H and O–H groups in total. The molecule has 0 aliphatic carbocycles. The molecule has 0 saturated carbocycles. The van der Waals surface area contributed by atoms with Crippen molar-refractivity contribution in [2.45, 2.75) is 69.7 Å². The van der Waals surface area contributed by atoms with Gasteiger partial charge in [-0.25, -0.2) is 13.6 Å². The maximum Gasteiger partial charge on any atom is 0.490 e. The van der Waals surface area contributed by atoms with Gasteiger partial charge in [0, 0.05) is 61.4 Å². The van der Waals surface area contributed by atoms with Crippen LogP contribution in [-0.4, -0.2) is 121 Å². The maximum absolute atomic E-state index is 15.0. The number of carbonyl (C=O) groups is 6. The van der Waals surface area contributed by atoms with E-state index in [1.54, 1.807) is 12.3 Å². The molecule has 22 heteroatoms. The molecule has 16 nitrogen and oxygen atoms in total. The number of thioether (sulfide) groups is 1. The average molecular weight is 889 g/mol. The maximum atomic E-state index is 15.0. The summed E-state index contributed by atoms with van der Waals surface area (Å²) in [5.41, 5.74) is 12.8. The highest BCUT2D eigenvalue weighted by Gasteiger charge is 2.39. The number of carboxylic acid groups (broad SMARTS) is 3. The van der Waals surface area contributed by atoms with E-state index in [-0.39, 0.29) is 37.4 Å². The van der Waals surface area contributed by atoms with Gasteiger partial charge in [0.2, 0.25) is 17.7 Å². The summed E-state index contributed by atoms with van der Waals surface area (Å²) in [5.74, 6) is -8.68. The highest BCUT2D eigenvalue weighted by molar-refractivity contribution is 8.00. The van der Waals surface area contributed by atoms with Gasteiger partial charge < -0.3 is 52.0 Å². The van der Waals surface area contributed by atoms with E-state index in [1.165, 1.54) is 4.90 Å². The number of hydrogen-bond donors (Lipinski definition) is 8. The van der Waals surface area contributed by atoms with Crippen molar-refractivity contribution in [3.63, 3.8) is 0 Å². The molecule has 1 heterocycles. The fourth-order valence-electron chi connectivity index (χ4n) is 5.78. The lowest BCUT2D eigenvalue weighted by Crippen LogP contribution is -2.48. The number of benzene rings is 2. The number of alkyl halides is 3. The number of aromatic nitrogens is 1. The van der Waals surface area contributed by atoms with Crippen molar-refractivity contribution < 1.29 is 71.1 Å². The smallest absolute Gasteiger partial charge is 0.480 e. The number of nitrogens with zero attached hydrogens (tertiary/aromatic N) is 2. The van der Waals surface area contributed by atoms with Gasteiger partial charge in [-0.2, -0.15) is 13.2 Å². The lowest BCUT2D eigenvalue weighted by Gasteiger charge is -2.41. The van der Waals surface area contributed by atoms with Crippen molar-refractivity contribution in [3.8, 4) is 11.1 Å². The molecule has 3 rings (SSSR count). The van der Waals surface area contributed by atoms with Crippen molar-refractivity contribution in [3.05, 3.63) is 83.7 Å². The van der Waals surface area contributed by atoms with E-state index in [4.69, 9.17) is 26.5 Å². The fraction of sp³-hybridized carbons (Fsp3) is 0.436. The van der Waals surface area contributed by atoms with E-state index >= 15 is 4.39 Å². The molecule has 1 aromatic heterocycles. The topological polar surface area (TPSA) is 268 Å². The zero-order chi connectivity index (χ0) is 46.2. The Morgan fingerprint density at radius 3 is 2.02 bits per heavy atom. The number of amides is 3. The van der Waals surface area contributed by atoms with Crippen LogP contribution in [-0.2, 0) is 35.3 Å². The minimum absolute atomic E-state index is 0.0305. The van der Waals surface area contributed by atoms with E-state index in [1.807, 2.05) is 55.7 Å². The number of carboxylic acids is 3. The molecule has 0 fully saturated rings. The molecule has 61 heavy (non-hydrogen) atoms. The first kappa shape index (κ1) is 51.6. The number of nitrogens with two attached hydrogens (primary N) is 2. The third-order valence-corrected chi connectivity index (χ3v) is 10.0. The molecule has 336 valence electrons. The molecule has 4 atom stereocenters. The van der Waals surface area contributed by atoms with E-state index in [0.717, 1.165) is 35.5 Å². The zero-order valence-electron chi connectivity index (χ0n) is 33.3. The molecular formula is C39H49F5N6O10S. The molecule has 2 aromatic carbocycles. The Morgan fingerprint density at radius 2 is 1.48 bits per heavy atom. The number of halogens is 5. The van der Waals surface area contributed by atoms with Crippen LogP contribution < -0.4 is 22.1 Å². The van der Waals surface area contributed by atoms with Gasteiger partial charge in [-0.05, 0) is 41.7 Å². The SMILES string of the molecule is CC(C)(C)[C@H](c1cc(-c2cc(F)ccc2F)cn1Cc1ccccc1)N(CC[C@H](N)C(=O)NCCNC(=O)CC(SC[C@H](N)C(=O)O)C(=O)O)C(=O)CO.O=C(O)C(F)(F)F. The summed E-state index contributed by atoms with van der Waals surface area (Å²) < 4.78 is 62.9. The van der Waals surface area contributed by atoms with Gasteiger partial charge >= 0.3 is 24.1 Å². The summed E-state index contributed by atoms with van der Waals surface area (Å²) in [6, 6.07) is 11.1. The van der Waals surface area contributed by atoms with Crippen molar-refractivity contribution >= 4 is 47.4 Å². The summed E-state index contributed by atoms with van der Waals surface area (Å²) in [4.78, 5) is 71.4. The van der Waals surface area contributed by atoms with Crippen molar-refractivity contribution in [2.24, 2.45) is 16.9 Å². The van der Waals surface area contributed by atoms with Crippen LogP contribution in [0.1, 0.15) is 50.9 Å². The van der Waals surface area contributed by atoms with Crippen molar-refractivity contribution in [1.29, 1.82) is 0 Å². The molecule has 0 aliphatic rings. The van der Waals surface area contributed by atoms with Gasteiger partial charge in [-0.1, -0.05) is 51.1 Å². The third kappa shape index (κ3) is 16.8. The lowest BCUT2D eigenvalue weighted by atomic mass is 9.82. The Morgan fingerprint density at radius 1 is 0.869 bits per heavy atom. The van der Waals surface area contributed by atoms with Gasteiger partial charge in [0.15, 0.2) is 0 Å². The molecule has 0 spiro atoms. The van der Waals surface area contributed by atoms with Gasteiger partial charge in [0.25, 0.3) is 0 Å². The summed E-state index contributed by atoms with van der Waals surface area (Å²) in [7, 11) is 0. The average Bonchev–Trinajstić information content (AvgIpc) is 3.58. The largest absolute Gasteiger partial charge is 0.490 e. The standard InChI is InChI=1S/C37H48F2N6O8S.C2HF3O2/c1-37(2,3)33(29-15-23(25-16-24(38)9-10-26(25)39)19-44(29)18-22-7-5-4-6-8-22)45(32(48)20-46)14-11-27(40)34(49)43-13-12-42-31(47)17-30(36(52)53)54-21-28(41)35(50)51;3-2(4,5)1(6)7/h4-10,15-16,19,27-28,30,33,46H,11-14,17-18,20-21,40-41H2,1-3H3,(H,42,47)(H,43,49)(H,50,51)(H,52,53);(H,6,7)/t27-,28-,30?,33-;/m0./s1. The summed E-state index contributed by atoms with van der Waals surface area (Å²) in [5, 5.41) is 39.3. The molecule has 3 aromatic rings. The Balaban J connectivity index is 0.00000168. The summed E-state index contributed by atoms with van der Waals surface area (Å²) >= 11 is 0.731. The van der Waals surface area contributed by atoms with Gasteiger partial charge in [-0.3, -0.25) is 24.0 Å². The van der Waals surface area contributed by atoms with Crippen LogP contribution in [0.2, 0.25) is 0 Å². The minimum Gasteiger partial charge on any atom is -0.480 e. The molecule has 0 aliphatic heterocycles. The highest BCUT2D eigenvalue weighted by atomic mass is 32.2. The molecular weight excluding hydrogens is 840 g/mol. The monoisotopic (exact) mass is 888 g/mol. The normalized spacial score (nSPS) is 13.4. The Hall–Kier alpha value is -5.58.